The lowest BCUT2D eigenvalue weighted by Crippen LogP contribution is -2.24. The summed E-state index contributed by atoms with van der Waals surface area (Å²) in [5.41, 5.74) is 5.34. The van der Waals surface area contributed by atoms with Gasteiger partial charge in [0, 0.05) is 19.2 Å². The fourth-order valence-corrected chi connectivity index (χ4v) is 3.24. The van der Waals surface area contributed by atoms with Crippen LogP contribution in [0.3, 0.4) is 0 Å². The molecule has 2 aromatic carbocycles. The van der Waals surface area contributed by atoms with Crippen LogP contribution >= 0.6 is 0 Å². The number of aldehydes is 1. The summed E-state index contributed by atoms with van der Waals surface area (Å²) in [5, 5.41) is 0. The fourth-order valence-electron chi connectivity index (χ4n) is 3.24. The maximum Gasteiger partial charge on any atom is 0.122 e. The van der Waals surface area contributed by atoms with Crippen molar-refractivity contribution in [3.8, 4) is 0 Å². The van der Waals surface area contributed by atoms with E-state index >= 15 is 0 Å². The monoisotopic (exact) mass is 279 g/mol. The van der Waals surface area contributed by atoms with Crippen molar-refractivity contribution in [3.05, 3.63) is 65.2 Å². The Morgan fingerprint density at radius 3 is 2.62 bits per heavy atom. The molecular formula is C19H21NO. The second-order valence-corrected chi connectivity index (χ2v) is 5.75. The van der Waals surface area contributed by atoms with Crippen molar-refractivity contribution in [1.82, 2.24) is 0 Å². The Hall–Kier alpha value is -2.09. The number of hydrogen-bond acceptors (Lipinski definition) is 2. The molecule has 0 aliphatic heterocycles. The van der Waals surface area contributed by atoms with Gasteiger partial charge in [0.05, 0.1) is 6.04 Å². The summed E-state index contributed by atoms with van der Waals surface area (Å²) in [6.45, 7) is 0. The average Bonchev–Trinajstić information content (AvgIpc) is 3.00. The molecule has 2 aromatic rings. The Labute approximate surface area is 126 Å². The molecule has 0 bridgehead atoms. The summed E-state index contributed by atoms with van der Waals surface area (Å²) in [6, 6.07) is 17.1. The van der Waals surface area contributed by atoms with Crippen LogP contribution in [-0.2, 0) is 17.6 Å². The summed E-state index contributed by atoms with van der Waals surface area (Å²) in [5.74, 6) is 0. The number of aryl methyl sites for hydroxylation is 2. The lowest BCUT2D eigenvalue weighted by atomic mass is 10.0. The van der Waals surface area contributed by atoms with Gasteiger partial charge in [-0.1, -0.05) is 36.4 Å². The van der Waals surface area contributed by atoms with E-state index in [1.807, 2.05) is 18.2 Å². The molecule has 2 heteroatoms. The van der Waals surface area contributed by atoms with Gasteiger partial charge in [0.1, 0.15) is 6.29 Å². The van der Waals surface area contributed by atoms with E-state index in [0.717, 1.165) is 6.29 Å². The number of rotatable bonds is 5. The molecule has 108 valence electrons. The Morgan fingerprint density at radius 2 is 1.86 bits per heavy atom. The highest BCUT2D eigenvalue weighted by Crippen LogP contribution is 2.31. The first-order valence-electron chi connectivity index (χ1n) is 7.63. The molecule has 0 saturated heterocycles. The molecule has 0 spiro atoms. The Bertz CT molecular complexity index is 621. The van der Waals surface area contributed by atoms with Gasteiger partial charge in [-0.25, -0.2) is 0 Å². The van der Waals surface area contributed by atoms with Gasteiger partial charge in [0.2, 0.25) is 0 Å². The van der Waals surface area contributed by atoms with Gasteiger partial charge in [-0.15, -0.1) is 0 Å². The topological polar surface area (TPSA) is 20.3 Å². The van der Waals surface area contributed by atoms with Crippen LogP contribution in [0.15, 0.2) is 48.5 Å². The highest BCUT2D eigenvalue weighted by atomic mass is 16.1. The van der Waals surface area contributed by atoms with E-state index in [1.165, 1.54) is 41.6 Å². The molecule has 0 fully saturated rings. The standard InChI is InChI=1S/C19H21NO/c1-20(18-11-10-15-8-5-9-17(15)14-18)19(12-13-21)16-6-3-2-4-7-16/h2-4,6-7,10-11,13-14,19H,5,8-9,12H2,1H3. The van der Waals surface area contributed by atoms with Crippen molar-refractivity contribution in [3.63, 3.8) is 0 Å². The molecular weight excluding hydrogens is 258 g/mol. The number of benzene rings is 2. The highest BCUT2D eigenvalue weighted by Gasteiger charge is 2.19. The molecule has 3 rings (SSSR count). The molecule has 0 amide bonds. The van der Waals surface area contributed by atoms with Crippen LogP contribution in [0.5, 0.6) is 0 Å². The minimum atomic E-state index is 0.100. The molecule has 21 heavy (non-hydrogen) atoms. The van der Waals surface area contributed by atoms with Crippen molar-refractivity contribution < 1.29 is 4.79 Å². The minimum Gasteiger partial charge on any atom is -0.367 e. The lowest BCUT2D eigenvalue weighted by molar-refractivity contribution is -0.108. The zero-order valence-electron chi connectivity index (χ0n) is 12.5. The van der Waals surface area contributed by atoms with Crippen LogP contribution in [-0.4, -0.2) is 13.3 Å². The van der Waals surface area contributed by atoms with E-state index in [-0.39, 0.29) is 6.04 Å². The smallest absolute Gasteiger partial charge is 0.122 e. The van der Waals surface area contributed by atoms with Crippen LogP contribution in [0, 0.1) is 0 Å². The molecule has 0 heterocycles. The van der Waals surface area contributed by atoms with Gasteiger partial charge in [-0.3, -0.25) is 0 Å². The fraction of sp³-hybridized carbons (Fsp3) is 0.316. The van der Waals surface area contributed by atoms with E-state index in [0.29, 0.717) is 6.42 Å². The Kier molecular flexibility index (Phi) is 4.05. The molecule has 0 saturated carbocycles. The van der Waals surface area contributed by atoms with Gasteiger partial charge in [0.15, 0.2) is 0 Å². The van der Waals surface area contributed by atoms with Crippen molar-refractivity contribution in [2.24, 2.45) is 0 Å². The second kappa shape index (κ2) is 6.13. The molecule has 1 aliphatic rings. The first-order valence-corrected chi connectivity index (χ1v) is 7.63. The summed E-state index contributed by atoms with van der Waals surface area (Å²) in [7, 11) is 2.08. The minimum absolute atomic E-state index is 0.100. The summed E-state index contributed by atoms with van der Waals surface area (Å²) < 4.78 is 0. The number of carbonyl (C=O) groups excluding carboxylic acids is 1. The maximum absolute atomic E-state index is 11.1. The lowest BCUT2D eigenvalue weighted by Gasteiger charge is -2.29. The summed E-state index contributed by atoms with van der Waals surface area (Å²) in [4.78, 5) is 13.3. The van der Waals surface area contributed by atoms with Crippen LogP contribution in [0.4, 0.5) is 5.69 Å². The Balaban J connectivity index is 1.90. The highest BCUT2D eigenvalue weighted by molar-refractivity contribution is 5.58. The van der Waals surface area contributed by atoms with Gasteiger partial charge in [-0.2, -0.15) is 0 Å². The number of carbonyl (C=O) groups is 1. The van der Waals surface area contributed by atoms with Crippen LogP contribution in [0.2, 0.25) is 0 Å². The van der Waals surface area contributed by atoms with Crippen molar-refractivity contribution in [2.75, 3.05) is 11.9 Å². The number of hydrogen-bond donors (Lipinski definition) is 0. The van der Waals surface area contributed by atoms with Crippen LogP contribution < -0.4 is 4.90 Å². The SMILES string of the molecule is CN(c1ccc2c(c1)CCC2)C(CC=O)c1ccccc1. The Morgan fingerprint density at radius 1 is 1.10 bits per heavy atom. The summed E-state index contributed by atoms with van der Waals surface area (Å²) >= 11 is 0. The predicted octanol–water partition coefficient (Wildman–Crippen LogP) is 3.94. The van der Waals surface area contributed by atoms with Crippen molar-refractivity contribution in [2.45, 2.75) is 31.7 Å². The molecule has 1 aliphatic carbocycles. The molecule has 0 aromatic heterocycles. The van der Waals surface area contributed by atoms with E-state index < -0.39 is 0 Å². The van der Waals surface area contributed by atoms with Gasteiger partial charge in [0.25, 0.3) is 0 Å². The molecule has 0 N–H and O–H groups in total. The van der Waals surface area contributed by atoms with Gasteiger partial charge < -0.3 is 9.69 Å². The molecule has 2 nitrogen and oxygen atoms in total. The maximum atomic E-state index is 11.1. The molecule has 0 radical (unpaired) electrons. The first kappa shape index (κ1) is 13.9. The summed E-state index contributed by atoms with van der Waals surface area (Å²) in [6.07, 6.45) is 5.18. The number of fused-ring (bicyclic) bond motifs is 1. The van der Waals surface area contributed by atoms with E-state index in [9.17, 15) is 4.79 Å². The van der Waals surface area contributed by atoms with Crippen molar-refractivity contribution >= 4 is 12.0 Å². The second-order valence-electron chi connectivity index (χ2n) is 5.75. The average molecular weight is 279 g/mol. The third-order valence-electron chi connectivity index (χ3n) is 4.46. The van der Waals surface area contributed by atoms with E-state index in [2.05, 4.69) is 42.3 Å². The van der Waals surface area contributed by atoms with E-state index in [4.69, 9.17) is 0 Å². The third kappa shape index (κ3) is 2.85. The quantitative estimate of drug-likeness (QED) is 0.773. The van der Waals surface area contributed by atoms with Gasteiger partial charge >= 0.3 is 0 Å². The third-order valence-corrected chi connectivity index (χ3v) is 4.46. The zero-order valence-corrected chi connectivity index (χ0v) is 12.5. The molecule has 1 atom stereocenters. The predicted molar refractivity (Wildman–Crippen MR) is 86.7 cm³/mol. The largest absolute Gasteiger partial charge is 0.367 e. The molecule has 1 unspecified atom stereocenters. The van der Waals surface area contributed by atoms with E-state index in [1.54, 1.807) is 0 Å². The number of nitrogens with zero attached hydrogens (tertiary/aromatic N) is 1. The van der Waals surface area contributed by atoms with Gasteiger partial charge in [-0.05, 0) is 48.1 Å². The zero-order chi connectivity index (χ0) is 14.7. The van der Waals surface area contributed by atoms with Crippen LogP contribution in [0.25, 0.3) is 0 Å². The first-order chi connectivity index (χ1) is 10.3. The normalized spacial score (nSPS) is 14.5. The van der Waals surface area contributed by atoms with Crippen LogP contribution in [0.1, 0.15) is 35.6 Å². The van der Waals surface area contributed by atoms with Crippen molar-refractivity contribution in [1.29, 1.82) is 0 Å². The number of anilines is 1.